The topological polar surface area (TPSA) is 55.8 Å². The number of carbonyl (C=O) groups excluding carboxylic acids is 1. The van der Waals surface area contributed by atoms with Crippen LogP contribution in [0.2, 0.25) is 5.02 Å². The highest BCUT2D eigenvalue weighted by Gasteiger charge is 2.25. The monoisotopic (exact) mass is 271 g/mol. The molecule has 0 saturated heterocycles. The molecule has 1 aromatic carbocycles. The molecule has 1 rings (SSSR count). The normalized spacial score (nSPS) is 13.8. The maximum Gasteiger partial charge on any atom is 0.305 e. The second-order valence-corrected chi connectivity index (χ2v) is 4.41. The minimum absolute atomic E-state index is 0.232. The van der Waals surface area contributed by atoms with Crippen molar-refractivity contribution in [3.8, 4) is 5.75 Å². The Kier molecular flexibility index (Phi) is 4.99. The summed E-state index contributed by atoms with van der Waals surface area (Å²) in [7, 11) is 0. The van der Waals surface area contributed by atoms with E-state index in [1.807, 2.05) is 0 Å². The highest BCUT2D eigenvalue weighted by molar-refractivity contribution is 6.30. The molecule has 1 atom stereocenters. The predicted octanol–water partition coefficient (Wildman–Crippen LogP) is 2.50. The van der Waals surface area contributed by atoms with Gasteiger partial charge in [-0.25, -0.2) is 0 Å². The van der Waals surface area contributed by atoms with Crippen molar-refractivity contribution in [2.75, 3.05) is 6.61 Å². The average molecular weight is 272 g/mol. The highest BCUT2D eigenvalue weighted by Crippen LogP contribution is 2.24. The Bertz CT molecular complexity index is 429. The molecule has 1 N–H and O–H groups in total. The lowest BCUT2D eigenvalue weighted by Gasteiger charge is -2.25. The molecule has 0 heterocycles. The first kappa shape index (κ1) is 14.8. The number of hydrogen-bond donors (Lipinski definition) is 1. The Morgan fingerprint density at radius 1 is 1.56 bits per heavy atom. The zero-order valence-corrected chi connectivity index (χ0v) is 11.2. The Labute approximate surface area is 111 Å². The van der Waals surface area contributed by atoms with Crippen LogP contribution in [0.25, 0.3) is 0 Å². The number of hydrogen-bond acceptors (Lipinski definition) is 4. The molecule has 5 heteroatoms. The van der Waals surface area contributed by atoms with Crippen LogP contribution in [0.3, 0.4) is 0 Å². The maximum atomic E-state index is 11.0. The zero-order chi connectivity index (χ0) is 13.8. The first-order valence-corrected chi connectivity index (χ1v) is 5.90. The van der Waals surface area contributed by atoms with Crippen molar-refractivity contribution in [3.63, 3.8) is 0 Å². The second kappa shape index (κ2) is 6.07. The molecule has 0 saturated carbocycles. The number of aryl methyl sites for hydroxylation is 1. The SMILES string of the molecule is [CH2]C(O)(COC(=O)CC)Oc1ccc(Cl)cc1C. The number of halogens is 1. The van der Waals surface area contributed by atoms with Gasteiger partial charge < -0.3 is 14.6 Å². The van der Waals surface area contributed by atoms with E-state index in [1.54, 1.807) is 32.0 Å². The van der Waals surface area contributed by atoms with Crippen molar-refractivity contribution in [2.24, 2.45) is 0 Å². The molecule has 0 bridgehead atoms. The number of rotatable bonds is 5. The second-order valence-electron chi connectivity index (χ2n) is 3.97. The van der Waals surface area contributed by atoms with E-state index in [4.69, 9.17) is 21.1 Å². The Balaban J connectivity index is 2.66. The molecule has 1 unspecified atom stereocenters. The van der Waals surface area contributed by atoms with Gasteiger partial charge in [-0.2, -0.15) is 0 Å². The van der Waals surface area contributed by atoms with Gasteiger partial charge in [-0.05, 0) is 30.7 Å². The molecule has 0 amide bonds. The largest absolute Gasteiger partial charge is 0.459 e. The number of benzene rings is 1. The van der Waals surface area contributed by atoms with Crippen LogP contribution in [-0.2, 0) is 9.53 Å². The van der Waals surface area contributed by atoms with E-state index in [2.05, 4.69) is 6.92 Å². The summed E-state index contributed by atoms with van der Waals surface area (Å²) in [5, 5.41) is 10.4. The minimum Gasteiger partial charge on any atom is -0.459 e. The van der Waals surface area contributed by atoms with Crippen LogP contribution in [0.1, 0.15) is 18.9 Å². The van der Waals surface area contributed by atoms with Crippen molar-refractivity contribution in [2.45, 2.75) is 26.1 Å². The van der Waals surface area contributed by atoms with Gasteiger partial charge in [0.25, 0.3) is 0 Å². The summed E-state index contributed by atoms with van der Waals surface area (Å²) in [6.45, 7) is 6.58. The fourth-order valence-corrected chi connectivity index (χ4v) is 1.48. The Morgan fingerprint density at radius 2 is 2.22 bits per heavy atom. The number of carbonyl (C=O) groups is 1. The molecule has 0 aliphatic rings. The molecule has 99 valence electrons. The van der Waals surface area contributed by atoms with Crippen molar-refractivity contribution >= 4 is 17.6 Å². The fourth-order valence-electron chi connectivity index (χ4n) is 1.26. The lowest BCUT2D eigenvalue weighted by molar-refractivity contribution is -0.170. The zero-order valence-electron chi connectivity index (χ0n) is 10.4. The van der Waals surface area contributed by atoms with Crippen molar-refractivity contribution in [3.05, 3.63) is 35.7 Å². The molecule has 1 aromatic rings. The van der Waals surface area contributed by atoms with E-state index in [1.165, 1.54) is 0 Å². The van der Waals surface area contributed by atoms with Gasteiger partial charge in [0.05, 0.1) is 0 Å². The van der Waals surface area contributed by atoms with Gasteiger partial charge in [0, 0.05) is 18.4 Å². The summed E-state index contributed by atoms with van der Waals surface area (Å²) < 4.78 is 10.1. The van der Waals surface area contributed by atoms with Gasteiger partial charge in [-0.3, -0.25) is 4.79 Å². The minimum atomic E-state index is -1.82. The standard InChI is InChI=1S/C13H16ClO4/c1-4-12(15)17-8-13(3,16)18-11-6-5-10(14)7-9(11)2/h5-7,16H,3-4,8H2,1-2H3. The van der Waals surface area contributed by atoms with Crippen LogP contribution in [0.4, 0.5) is 0 Å². The molecule has 0 aliphatic carbocycles. The van der Waals surface area contributed by atoms with Crippen LogP contribution in [0, 0.1) is 13.8 Å². The van der Waals surface area contributed by atoms with Crippen LogP contribution < -0.4 is 4.74 Å². The van der Waals surface area contributed by atoms with Gasteiger partial charge in [-0.1, -0.05) is 18.5 Å². The molecule has 0 aromatic heterocycles. The van der Waals surface area contributed by atoms with Gasteiger partial charge in [-0.15, -0.1) is 0 Å². The van der Waals surface area contributed by atoms with Crippen molar-refractivity contribution < 1.29 is 19.4 Å². The third-order valence-electron chi connectivity index (χ3n) is 2.18. The third-order valence-corrected chi connectivity index (χ3v) is 2.42. The Morgan fingerprint density at radius 3 is 2.78 bits per heavy atom. The molecule has 0 spiro atoms. The van der Waals surface area contributed by atoms with Gasteiger partial charge in [0.15, 0.2) is 6.61 Å². The summed E-state index contributed by atoms with van der Waals surface area (Å²) in [6.07, 6.45) is 0.232. The maximum absolute atomic E-state index is 11.0. The molecule has 0 aliphatic heterocycles. The van der Waals surface area contributed by atoms with E-state index in [0.717, 1.165) is 5.56 Å². The third kappa shape index (κ3) is 4.55. The van der Waals surface area contributed by atoms with E-state index in [9.17, 15) is 9.90 Å². The van der Waals surface area contributed by atoms with E-state index in [0.29, 0.717) is 10.8 Å². The van der Waals surface area contributed by atoms with Gasteiger partial charge in [0.2, 0.25) is 5.79 Å². The molecule has 1 radical (unpaired) electrons. The van der Waals surface area contributed by atoms with Crippen LogP contribution >= 0.6 is 11.6 Å². The fraction of sp³-hybridized carbons (Fsp3) is 0.385. The molecule has 0 fully saturated rings. The summed E-state index contributed by atoms with van der Waals surface area (Å²) in [6, 6.07) is 4.96. The van der Waals surface area contributed by atoms with Crippen LogP contribution in [0.5, 0.6) is 5.75 Å². The Hall–Kier alpha value is -1.26. The number of ether oxygens (including phenoxy) is 2. The predicted molar refractivity (Wildman–Crippen MR) is 68.4 cm³/mol. The van der Waals surface area contributed by atoms with E-state index >= 15 is 0 Å². The van der Waals surface area contributed by atoms with E-state index < -0.39 is 11.8 Å². The molecule has 4 nitrogen and oxygen atoms in total. The average Bonchev–Trinajstić information content (AvgIpc) is 2.30. The first-order chi connectivity index (χ1) is 8.34. The van der Waals surface area contributed by atoms with Crippen LogP contribution in [0.15, 0.2) is 18.2 Å². The number of esters is 1. The molecular formula is C13H16ClO4. The lowest BCUT2D eigenvalue weighted by Crippen LogP contribution is -2.38. The lowest BCUT2D eigenvalue weighted by atomic mass is 10.2. The van der Waals surface area contributed by atoms with Gasteiger partial charge >= 0.3 is 5.97 Å². The van der Waals surface area contributed by atoms with E-state index in [-0.39, 0.29) is 13.0 Å². The highest BCUT2D eigenvalue weighted by atomic mass is 35.5. The molecular weight excluding hydrogens is 256 g/mol. The smallest absolute Gasteiger partial charge is 0.305 e. The van der Waals surface area contributed by atoms with Crippen molar-refractivity contribution in [1.82, 2.24) is 0 Å². The first-order valence-electron chi connectivity index (χ1n) is 5.52. The summed E-state index contributed by atoms with van der Waals surface area (Å²) in [5.74, 6) is -1.80. The quantitative estimate of drug-likeness (QED) is 0.660. The summed E-state index contributed by atoms with van der Waals surface area (Å²) in [4.78, 5) is 11.0. The molecule has 18 heavy (non-hydrogen) atoms. The van der Waals surface area contributed by atoms with Gasteiger partial charge in [0.1, 0.15) is 5.75 Å². The summed E-state index contributed by atoms with van der Waals surface area (Å²) in [5.41, 5.74) is 0.756. The number of aliphatic hydroxyl groups is 1. The van der Waals surface area contributed by atoms with Crippen LogP contribution in [-0.4, -0.2) is 23.5 Å². The van der Waals surface area contributed by atoms with Crippen molar-refractivity contribution in [1.29, 1.82) is 0 Å². The summed E-state index contributed by atoms with van der Waals surface area (Å²) >= 11 is 5.81.